The van der Waals surface area contributed by atoms with Gasteiger partial charge in [-0.25, -0.2) is 8.78 Å². The molecule has 1 aliphatic heterocycles. The summed E-state index contributed by atoms with van der Waals surface area (Å²) in [6, 6.07) is 0.468. The minimum Gasteiger partial charge on any atom is -0.417 e. The summed E-state index contributed by atoms with van der Waals surface area (Å²) in [5.41, 5.74) is -3.05. The van der Waals surface area contributed by atoms with Gasteiger partial charge in [0.15, 0.2) is 0 Å². The second-order valence-electron chi connectivity index (χ2n) is 5.40. The summed E-state index contributed by atoms with van der Waals surface area (Å²) >= 11 is 0. The number of aromatic nitrogens is 2. The second kappa shape index (κ2) is 5.26. The third-order valence-electron chi connectivity index (χ3n) is 3.69. The van der Waals surface area contributed by atoms with Crippen molar-refractivity contribution < 1.29 is 31.1 Å². The van der Waals surface area contributed by atoms with Gasteiger partial charge in [0, 0.05) is 6.61 Å². The Labute approximate surface area is 127 Å². The fourth-order valence-electron chi connectivity index (χ4n) is 2.42. The maximum atomic E-state index is 13.9. The highest BCUT2D eigenvalue weighted by Crippen LogP contribution is 2.38. The van der Waals surface area contributed by atoms with Gasteiger partial charge < -0.3 is 9.15 Å². The maximum Gasteiger partial charge on any atom is 0.419 e. The summed E-state index contributed by atoms with van der Waals surface area (Å²) in [7, 11) is 0. The van der Waals surface area contributed by atoms with E-state index < -0.39 is 40.4 Å². The first-order chi connectivity index (χ1) is 10.7. The zero-order valence-corrected chi connectivity index (χ0v) is 11.9. The SMILES string of the molecule is CC1(c2nnc(-c3cc(F)c(C(F)(F)F)cc3F)o2)CCCO1. The van der Waals surface area contributed by atoms with Crippen molar-refractivity contribution in [2.75, 3.05) is 6.61 Å². The van der Waals surface area contributed by atoms with E-state index >= 15 is 0 Å². The predicted molar refractivity (Wildman–Crippen MR) is 67.2 cm³/mol. The Morgan fingerprint density at radius 2 is 1.87 bits per heavy atom. The average Bonchev–Trinajstić information content (AvgIpc) is 3.09. The van der Waals surface area contributed by atoms with Gasteiger partial charge in [-0.3, -0.25) is 0 Å². The molecule has 3 rings (SSSR count). The topological polar surface area (TPSA) is 48.2 Å². The largest absolute Gasteiger partial charge is 0.419 e. The Kier molecular flexibility index (Phi) is 3.62. The summed E-state index contributed by atoms with van der Waals surface area (Å²) in [4.78, 5) is 0. The highest BCUT2D eigenvalue weighted by molar-refractivity contribution is 5.55. The van der Waals surface area contributed by atoms with E-state index in [-0.39, 0.29) is 12.0 Å². The first-order valence-corrected chi connectivity index (χ1v) is 6.75. The molecule has 0 N–H and O–H groups in total. The number of nitrogens with zero attached hydrogens (tertiary/aromatic N) is 2. The Morgan fingerprint density at radius 3 is 2.48 bits per heavy atom. The lowest BCUT2D eigenvalue weighted by atomic mass is 10.0. The van der Waals surface area contributed by atoms with E-state index in [1.807, 2.05) is 0 Å². The van der Waals surface area contributed by atoms with Gasteiger partial charge in [0.2, 0.25) is 5.89 Å². The Balaban J connectivity index is 2.00. The first kappa shape index (κ1) is 15.9. The fraction of sp³-hybridized carbons (Fsp3) is 0.429. The lowest BCUT2D eigenvalue weighted by Gasteiger charge is -2.17. The fourth-order valence-corrected chi connectivity index (χ4v) is 2.42. The van der Waals surface area contributed by atoms with Crippen molar-refractivity contribution in [2.45, 2.75) is 31.5 Å². The Morgan fingerprint density at radius 1 is 1.13 bits per heavy atom. The summed E-state index contributed by atoms with van der Waals surface area (Å²) in [5.74, 6) is -3.24. The summed E-state index contributed by atoms with van der Waals surface area (Å²) in [5, 5.41) is 7.32. The molecule has 0 saturated carbocycles. The van der Waals surface area contributed by atoms with Crippen molar-refractivity contribution in [3.8, 4) is 11.5 Å². The molecule has 1 unspecified atom stereocenters. The van der Waals surface area contributed by atoms with Crippen molar-refractivity contribution in [3.05, 3.63) is 35.2 Å². The van der Waals surface area contributed by atoms with E-state index in [0.717, 1.165) is 6.42 Å². The van der Waals surface area contributed by atoms with Crippen molar-refractivity contribution in [1.29, 1.82) is 0 Å². The van der Waals surface area contributed by atoms with Gasteiger partial charge >= 0.3 is 6.18 Å². The quantitative estimate of drug-likeness (QED) is 0.777. The minimum absolute atomic E-state index is 0.0717. The van der Waals surface area contributed by atoms with Crippen LogP contribution in [0.3, 0.4) is 0 Å². The first-order valence-electron chi connectivity index (χ1n) is 6.75. The monoisotopic (exact) mass is 334 g/mol. The van der Waals surface area contributed by atoms with Crippen molar-refractivity contribution in [1.82, 2.24) is 10.2 Å². The molecule has 4 nitrogen and oxygen atoms in total. The normalized spacial score (nSPS) is 21.8. The molecule has 1 atom stereocenters. The molecular weight excluding hydrogens is 323 g/mol. The minimum atomic E-state index is -4.99. The zero-order chi connectivity index (χ0) is 16.8. The van der Waals surface area contributed by atoms with Crippen LogP contribution >= 0.6 is 0 Å². The van der Waals surface area contributed by atoms with Crippen molar-refractivity contribution in [2.24, 2.45) is 0 Å². The lowest BCUT2D eigenvalue weighted by Crippen LogP contribution is -2.20. The maximum absolute atomic E-state index is 13.9. The van der Waals surface area contributed by atoms with E-state index in [2.05, 4.69) is 10.2 Å². The van der Waals surface area contributed by atoms with Crippen LogP contribution in [0.5, 0.6) is 0 Å². The number of halogens is 5. The number of ether oxygens (including phenoxy) is 1. The highest BCUT2D eigenvalue weighted by Gasteiger charge is 2.38. The van der Waals surface area contributed by atoms with Crippen LogP contribution in [0.4, 0.5) is 22.0 Å². The molecule has 1 aromatic heterocycles. The Bertz CT molecular complexity index is 735. The number of benzene rings is 1. The summed E-state index contributed by atoms with van der Waals surface area (Å²) in [6.07, 6.45) is -3.61. The third-order valence-corrected chi connectivity index (χ3v) is 3.69. The molecule has 1 aliphatic rings. The summed E-state index contributed by atoms with van der Waals surface area (Å²) < 4.78 is 75.9. The van der Waals surface area contributed by atoms with E-state index in [1.54, 1.807) is 6.92 Å². The van der Waals surface area contributed by atoms with E-state index in [1.165, 1.54) is 0 Å². The Hall–Kier alpha value is -2.03. The lowest BCUT2D eigenvalue weighted by molar-refractivity contribution is -0.140. The van der Waals surface area contributed by atoms with Crippen LogP contribution in [0, 0.1) is 11.6 Å². The zero-order valence-electron chi connectivity index (χ0n) is 11.9. The number of alkyl halides is 3. The molecule has 0 radical (unpaired) electrons. The van der Waals surface area contributed by atoms with Crippen molar-refractivity contribution in [3.63, 3.8) is 0 Å². The van der Waals surface area contributed by atoms with Gasteiger partial charge in [-0.15, -0.1) is 10.2 Å². The second-order valence-corrected chi connectivity index (χ2v) is 5.40. The van der Waals surface area contributed by atoms with E-state index in [4.69, 9.17) is 9.15 Å². The smallest absolute Gasteiger partial charge is 0.417 e. The van der Waals surface area contributed by atoms with Crippen molar-refractivity contribution >= 4 is 0 Å². The molecule has 0 bridgehead atoms. The molecule has 124 valence electrons. The molecule has 2 aromatic rings. The number of hydrogen-bond donors (Lipinski definition) is 0. The van der Waals surface area contributed by atoms with Gasteiger partial charge in [-0.2, -0.15) is 13.2 Å². The number of hydrogen-bond acceptors (Lipinski definition) is 4. The molecule has 9 heteroatoms. The van der Waals surface area contributed by atoms with Gasteiger partial charge in [0.25, 0.3) is 5.89 Å². The molecule has 2 heterocycles. The van der Waals surface area contributed by atoms with E-state index in [0.29, 0.717) is 19.1 Å². The van der Waals surface area contributed by atoms with E-state index in [9.17, 15) is 22.0 Å². The van der Waals surface area contributed by atoms with Gasteiger partial charge in [0.05, 0.1) is 11.1 Å². The van der Waals surface area contributed by atoms with Crippen LogP contribution in [0.25, 0.3) is 11.5 Å². The highest BCUT2D eigenvalue weighted by atomic mass is 19.4. The van der Waals surface area contributed by atoms with Crippen LogP contribution in [0.15, 0.2) is 16.5 Å². The van der Waals surface area contributed by atoms with Crippen LogP contribution in [-0.2, 0) is 16.5 Å². The summed E-state index contributed by atoms with van der Waals surface area (Å²) in [6.45, 7) is 2.21. The molecular formula is C14H11F5N2O2. The molecule has 0 aliphatic carbocycles. The third kappa shape index (κ3) is 2.80. The van der Waals surface area contributed by atoms with Gasteiger partial charge in [-0.05, 0) is 31.9 Å². The van der Waals surface area contributed by atoms with Gasteiger partial charge in [0.1, 0.15) is 17.2 Å². The van der Waals surface area contributed by atoms with Crippen LogP contribution in [-0.4, -0.2) is 16.8 Å². The van der Waals surface area contributed by atoms with Crippen LogP contribution < -0.4 is 0 Å². The van der Waals surface area contributed by atoms with Crippen LogP contribution in [0.2, 0.25) is 0 Å². The van der Waals surface area contributed by atoms with Crippen LogP contribution in [0.1, 0.15) is 31.2 Å². The average molecular weight is 334 g/mol. The molecule has 0 amide bonds. The molecule has 23 heavy (non-hydrogen) atoms. The standard InChI is InChI=1S/C14H11F5N2O2/c1-13(3-2-4-22-13)12-21-20-11(23-12)7-5-10(16)8(6-9(7)15)14(17,18)19/h5-6H,2-4H2,1H3. The molecule has 1 fully saturated rings. The molecule has 0 spiro atoms. The predicted octanol–water partition coefficient (Wildman–Crippen LogP) is 4.06. The molecule has 1 aromatic carbocycles. The molecule has 1 saturated heterocycles. The number of rotatable bonds is 2. The van der Waals surface area contributed by atoms with Gasteiger partial charge in [-0.1, -0.05) is 0 Å².